The van der Waals surface area contributed by atoms with Crippen LogP contribution in [-0.2, 0) is 11.2 Å². The summed E-state index contributed by atoms with van der Waals surface area (Å²) in [6.07, 6.45) is 13.1. The molecule has 0 unspecified atom stereocenters. The second-order valence-electron chi connectivity index (χ2n) is 9.10. The first kappa shape index (κ1) is 24.7. The number of unbranched alkanes of at least 4 members (excludes halogenated alkanes) is 8. The van der Waals surface area contributed by atoms with Crippen molar-refractivity contribution in [2.24, 2.45) is 0 Å². The second-order valence-corrected chi connectivity index (χ2v) is 9.83. The smallest absolute Gasteiger partial charge is 0.222 e. The molecule has 176 valence electrons. The van der Waals surface area contributed by atoms with E-state index >= 15 is 0 Å². The Bertz CT molecular complexity index is 796. The topological polar surface area (TPSA) is 49.3 Å². The monoisotopic (exact) mass is 456 g/mol. The standard InChI is InChI=1S/C26H40N4OS/c1-3-4-5-6-7-8-9-10-11-12-25(31)29-17-19-30(20-18-29)26-27-24(28-32-26)21-23-15-13-22(2)14-16-23/h13-16H,3-12,17-21H2,1-2H3. The van der Waals surface area contributed by atoms with E-state index in [0.717, 1.165) is 50.0 Å². The number of carbonyl (C=O) groups excluding carboxylic acids is 1. The number of hydrogen-bond acceptors (Lipinski definition) is 5. The Labute approximate surface area is 198 Å². The molecule has 1 saturated heterocycles. The molecule has 5 nitrogen and oxygen atoms in total. The number of hydrogen-bond donors (Lipinski definition) is 0. The Morgan fingerprint density at radius 2 is 1.53 bits per heavy atom. The Kier molecular flexibility index (Phi) is 10.5. The van der Waals surface area contributed by atoms with E-state index in [1.807, 2.05) is 4.90 Å². The fourth-order valence-electron chi connectivity index (χ4n) is 4.23. The maximum Gasteiger partial charge on any atom is 0.222 e. The number of benzene rings is 1. The van der Waals surface area contributed by atoms with Crippen molar-refractivity contribution in [3.63, 3.8) is 0 Å². The largest absolute Gasteiger partial charge is 0.343 e. The lowest BCUT2D eigenvalue weighted by Gasteiger charge is -2.34. The van der Waals surface area contributed by atoms with Crippen LogP contribution in [0.2, 0.25) is 0 Å². The fraction of sp³-hybridized carbons (Fsp3) is 0.654. The molecule has 0 spiro atoms. The van der Waals surface area contributed by atoms with Crippen molar-refractivity contribution in [2.45, 2.75) is 84.5 Å². The summed E-state index contributed by atoms with van der Waals surface area (Å²) in [4.78, 5) is 21.6. The van der Waals surface area contributed by atoms with Crippen molar-refractivity contribution in [1.82, 2.24) is 14.3 Å². The molecule has 0 radical (unpaired) electrons. The lowest BCUT2D eigenvalue weighted by Crippen LogP contribution is -2.48. The van der Waals surface area contributed by atoms with Gasteiger partial charge in [-0.2, -0.15) is 4.37 Å². The highest BCUT2D eigenvalue weighted by atomic mass is 32.1. The Balaban J connectivity index is 1.30. The van der Waals surface area contributed by atoms with Crippen molar-refractivity contribution in [2.75, 3.05) is 31.1 Å². The van der Waals surface area contributed by atoms with Gasteiger partial charge in [0.05, 0.1) is 0 Å². The number of anilines is 1. The number of nitrogens with zero attached hydrogens (tertiary/aromatic N) is 4. The molecule has 0 aliphatic carbocycles. The van der Waals surface area contributed by atoms with Gasteiger partial charge in [-0.15, -0.1) is 0 Å². The van der Waals surface area contributed by atoms with Crippen LogP contribution in [0.3, 0.4) is 0 Å². The Morgan fingerprint density at radius 1 is 0.906 bits per heavy atom. The van der Waals surface area contributed by atoms with Gasteiger partial charge in [-0.25, -0.2) is 4.98 Å². The summed E-state index contributed by atoms with van der Waals surface area (Å²) in [6.45, 7) is 7.65. The maximum absolute atomic E-state index is 12.6. The molecule has 1 aliphatic rings. The SMILES string of the molecule is CCCCCCCCCCCC(=O)N1CCN(c2nc(Cc3ccc(C)cc3)ns2)CC1. The minimum absolute atomic E-state index is 0.324. The van der Waals surface area contributed by atoms with Crippen LogP contribution >= 0.6 is 11.5 Å². The van der Waals surface area contributed by atoms with Gasteiger partial charge in [-0.05, 0) is 18.9 Å². The summed E-state index contributed by atoms with van der Waals surface area (Å²) in [6, 6.07) is 8.56. The zero-order chi connectivity index (χ0) is 22.6. The van der Waals surface area contributed by atoms with Gasteiger partial charge in [0.25, 0.3) is 0 Å². The number of aryl methyl sites for hydroxylation is 1. The highest BCUT2D eigenvalue weighted by molar-refractivity contribution is 7.09. The van der Waals surface area contributed by atoms with E-state index in [2.05, 4.69) is 47.4 Å². The van der Waals surface area contributed by atoms with Crippen LogP contribution < -0.4 is 4.90 Å². The molecule has 0 atom stereocenters. The third-order valence-corrected chi connectivity index (χ3v) is 7.15. The first-order valence-electron chi connectivity index (χ1n) is 12.6. The molecule has 2 heterocycles. The molecule has 0 saturated carbocycles. The number of rotatable bonds is 13. The van der Waals surface area contributed by atoms with E-state index in [9.17, 15) is 4.79 Å². The van der Waals surface area contributed by atoms with Crippen LogP contribution in [0.1, 0.15) is 88.1 Å². The summed E-state index contributed by atoms with van der Waals surface area (Å²) in [5.41, 5.74) is 2.51. The molecule has 2 aromatic rings. The van der Waals surface area contributed by atoms with Gasteiger partial charge >= 0.3 is 0 Å². The third kappa shape index (κ3) is 8.19. The maximum atomic E-state index is 12.6. The first-order valence-corrected chi connectivity index (χ1v) is 13.3. The summed E-state index contributed by atoms with van der Waals surface area (Å²) in [5, 5.41) is 0.984. The predicted molar refractivity (Wildman–Crippen MR) is 135 cm³/mol. The van der Waals surface area contributed by atoms with E-state index in [0.29, 0.717) is 12.3 Å². The van der Waals surface area contributed by atoms with Crippen LogP contribution in [0.25, 0.3) is 0 Å². The van der Waals surface area contributed by atoms with Crippen molar-refractivity contribution < 1.29 is 4.79 Å². The minimum Gasteiger partial charge on any atom is -0.343 e. The van der Waals surface area contributed by atoms with Gasteiger partial charge in [-0.3, -0.25) is 4.79 Å². The second kappa shape index (κ2) is 13.6. The number of carbonyl (C=O) groups is 1. The van der Waals surface area contributed by atoms with Gasteiger partial charge in [-0.1, -0.05) is 88.1 Å². The van der Waals surface area contributed by atoms with E-state index in [-0.39, 0.29) is 0 Å². The highest BCUT2D eigenvalue weighted by Gasteiger charge is 2.23. The third-order valence-electron chi connectivity index (χ3n) is 6.34. The lowest BCUT2D eigenvalue weighted by molar-refractivity contribution is -0.131. The van der Waals surface area contributed by atoms with Crippen LogP contribution in [0.5, 0.6) is 0 Å². The van der Waals surface area contributed by atoms with Crippen molar-refractivity contribution in [3.05, 3.63) is 41.2 Å². The summed E-state index contributed by atoms with van der Waals surface area (Å²) < 4.78 is 4.56. The molecule has 1 aromatic carbocycles. The molecule has 0 bridgehead atoms. The molecule has 1 aromatic heterocycles. The first-order chi connectivity index (χ1) is 15.7. The van der Waals surface area contributed by atoms with Gasteiger partial charge in [0, 0.05) is 50.6 Å². The van der Waals surface area contributed by atoms with E-state index < -0.39 is 0 Å². The molecule has 1 fully saturated rings. The summed E-state index contributed by atoms with van der Waals surface area (Å²) in [5.74, 6) is 1.21. The van der Waals surface area contributed by atoms with Gasteiger partial charge in [0.2, 0.25) is 11.0 Å². The van der Waals surface area contributed by atoms with Gasteiger partial charge in [0.15, 0.2) is 0 Å². The van der Waals surface area contributed by atoms with Gasteiger partial charge in [0.1, 0.15) is 5.82 Å². The van der Waals surface area contributed by atoms with E-state index in [1.54, 1.807) is 0 Å². The normalized spacial score (nSPS) is 14.2. The average molecular weight is 457 g/mol. The molecular formula is C26H40N4OS. The quantitative estimate of drug-likeness (QED) is 0.347. The van der Waals surface area contributed by atoms with Crippen LogP contribution in [0.4, 0.5) is 5.13 Å². The Morgan fingerprint density at radius 3 is 2.19 bits per heavy atom. The molecule has 6 heteroatoms. The number of piperazine rings is 1. The molecular weight excluding hydrogens is 416 g/mol. The molecule has 3 rings (SSSR count). The van der Waals surface area contributed by atoms with Crippen LogP contribution in [0.15, 0.2) is 24.3 Å². The predicted octanol–water partition coefficient (Wildman–Crippen LogP) is 6.01. The molecule has 1 aliphatic heterocycles. The van der Waals surface area contributed by atoms with Crippen molar-refractivity contribution in [1.29, 1.82) is 0 Å². The zero-order valence-corrected chi connectivity index (χ0v) is 20.8. The molecule has 0 N–H and O–H groups in total. The summed E-state index contributed by atoms with van der Waals surface area (Å²) >= 11 is 1.48. The van der Waals surface area contributed by atoms with Crippen LogP contribution in [0, 0.1) is 6.92 Å². The van der Waals surface area contributed by atoms with Crippen molar-refractivity contribution in [3.8, 4) is 0 Å². The molecule has 32 heavy (non-hydrogen) atoms. The van der Waals surface area contributed by atoms with Gasteiger partial charge < -0.3 is 9.80 Å². The number of aromatic nitrogens is 2. The lowest BCUT2D eigenvalue weighted by atomic mass is 10.1. The van der Waals surface area contributed by atoms with Crippen LogP contribution in [-0.4, -0.2) is 46.3 Å². The van der Waals surface area contributed by atoms with Crippen molar-refractivity contribution >= 4 is 22.6 Å². The highest BCUT2D eigenvalue weighted by Crippen LogP contribution is 2.21. The average Bonchev–Trinajstić information content (AvgIpc) is 3.28. The van der Waals surface area contributed by atoms with E-state index in [1.165, 1.54) is 74.0 Å². The molecule has 1 amide bonds. The Hall–Kier alpha value is -1.95. The zero-order valence-electron chi connectivity index (χ0n) is 20.0. The minimum atomic E-state index is 0.324. The summed E-state index contributed by atoms with van der Waals surface area (Å²) in [7, 11) is 0. The van der Waals surface area contributed by atoms with E-state index in [4.69, 9.17) is 4.98 Å². The number of amides is 1. The fourth-order valence-corrected chi connectivity index (χ4v) is 4.96.